The van der Waals surface area contributed by atoms with Crippen LogP contribution in [0.15, 0.2) is 24.3 Å². The Labute approximate surface area is 113 Å². The van der Waals surface area contributed by atoms with Gasteiger partial charge < -0.3 is 15.3 Å². The maximum absolute atomic E-state index is 11.0. The second kappa shape index (κ2) is 4.76. The van der Waals surface area contributed by atoms with Gasteiger partial charge in [-0.15, -0.1) is 0 Å². The van der Waals surface area contributed by atoms with E-state index in [1.807, 2.05) is 6.92 Å². The Bertz CT molecular complexity index is 428. The van der Waals surface area contributed by atoms with Crippen LogP contribution in [-0.2, 0) is 4.79 Å². The Morgan fingerprint density at radius 3 is 2.58 bits per heavy atom. The molecular weight excluding hydrogens is 244 g/mol. The van der Waals surface area contributed by atoms with E-state index in [2.05, 4.69) is 13.2 Å². The molecule has 0 spiro atoms. The highest BCUT2D eigenvalue weighted by Gasteiger charge is 2.53. The highest BCUT2D eigenvalue weighted by Crippen LogP contribution is 2.54. The molecule has 0 aromatic carbocycles. The molecule has 19 heavy (non-hydrogen) atoms. The summed E-state index contributed by atoms with van der Waals surface area (Å²) >= 11 is 0. The molecule has 4 heteroatoms. The van der Waals surface area contributed by atoms with Crippen LogP contribution in [0, 0.1) is 17.3 Å². The van der Waals surface area contributed by atoms with E-state index >= 15 is 0 Å². The Morgan fingerprint density at radius 1 is 1.37 bits per heavy atom. The van der Waals surface area contributed by atoms with Gasteiger partial charge >= 0.3 is 5.97 Å². The minimum Gasteiger partial charge on any atom is -0.478 e. The molecule has 106 valence electrons. The molecule has 0 heterocycles. The Morgan fingerprint density at radius 2 is 2.00 bits per heavy atom. The van der Waals surface area contributed by atoms with E-state index in [1.165, 1.54) is 0 Å². The molecular formula is C15H22O4. The first-order valence-corrected chi connectivity index (χ1v) is 6.75. The number of aliphatic hydroxyl groups excluding tert-OH is 2. The summed E-state index contributed by atoms with van der Waals surface area (Å²) in [4.78, 5) is 11.0. The Hall–Kier alpha value is -1.13. The van der Waals surface area contributed by atoms with E-state index in [-0.39, 0.29) is 11.5 Å². The summed E-state index contributed by atoms with van der Waals surface area (Å²) in [7, 11) is 0. The van der Waals surface area contributed by atoms with Crippen molar-refractivity contribution in [3.63, 3.8) is 0 Å². The van der Waals surface area contributed by atoms with Gasteiger partial charge in [0.25, 0.3) is 0 Å². The van der Waals surface area contributed by atoms with Crippen molar-refractivity contribution in [3.05, 3.63) is 24.3 Å². The fourth-order valence-electron chi connectivity index (χ4n) is 3.84. The summed E-state index contributed by atoms with van der Waals surface area (Å²) in [5.74, 6) is -1.75. The predicted octanol–water partition coefficient (Wildman–Crippen LogP) is 1.73. The average molecular weight is 266 g/mol. The van der Waals surface area contributed by atoms with Crippen LogP contribution in [0.1, 0.15) is 32.6 Å². The number of hydrogen-bond acceptors (Lipinski definition) is 3. The van der Waals surface area contributed by atoms with Gasteiger partial charge in [0.15, 0.2) is 0 Å². The lowest BCUT2D eigenvalue weighted by Crippen LogP contribution is -2.54. The number of rotatable bonds is 2. The largest absolute Gasteiger partial charge is 0.478 e. The summed E-state index contributed by atoms with van der Waals surface area (Å²) < 4.78 is 0. The van der Waals surface area contributed by atoms with Crippen molar-refractivity contribution in [3.8, 4) is 0 Å². The number of hydrogen-bond donors (Lipinski definition) is 3. The van der Waals surface area contributed by atoms with E-state index < -0.39 is 29.5 Å². The first kappa shape index (κ1) is 14.3. The standard InChI is InChI=1S/C15H22O4/c1-8-4-5-11(16)15(3)7-6-10(9(2)14(18)19)13(17)12(8)15/h10-13,16-17H,1-2,4-7H2,3H3,(H,18,19). The quantitative estimate of drug-likeness (QED) is 0.525. The summed E-state index contributed by atoms with van der Waals surface area (Å²) in [5.41, 5.74) is 0.579. The molecule has 4 nitrogen and oxygen atoms in total. The van der Waals surface area contributed by atoms with Gasteiger partial charge in [-0.25, -0.2) is 4.79 Å². The number of carboxylic acid groups (broad SMARTS) is 1. The van der Waals surface area contributed by atoms with Crippen molar-refractivity contribution in [1.82, 2.24) is 0 Å². The van der Waals surface area contributed by atoms with Crippen molar-refractivity contribution in [2.24, 2.45) is 17.3 Å². The zero-order valence-corrected chi connectivity index (χ0v) is 11.3. The van der Waals surface area contributed by atoms with Gasteiger partial charge in [0.05, 0.1) is 12.2 Å². The van der Waals surface area contributed by atoms with Gasteiger partial charge in [0, 0.05) is 22.8 Å². The SMILES string of the molecule is C=C(C(=O)O)C1CCC2(C)C(O)CCC(=C)C2C1O. The van der Waals surface area contributed by atoms with Gasteiger partial charge in [0.2, 0.25) is 0 Å². The van der Waals surface area contributed by atoms with Crippen molar-refractivity contribution in [2.75, 3.05) is 0 Å². The highest BCUT2D eigenvalue weighted by atomic mass is 16.4. The number of carbonyl (C=O) groups is 1. The van der Waals surface area contributed by atoms with Gasteiger partial charge in [0.1, 0.15) is 0 Å². The zero-order valence-electron chi connectivity index (χ0n) is 11.3. The van der Waals surface area contributed by atoms with E-state index in [4.69, 9.17) is 5.11 Å². The topological polar surface area (TPSA) is 77.8 Å². The third-order valence-electron chi connectivity index (χ3n) is 5.12. The average Bonchev–Trinajstić information content (AvgIpc) is 2.33. The molecule has 2 saturated carbocycles. The van der Waals surface area contributed by atoms with Crippen LogP contribution in [0.2, 0.25) is 0 Å². The molecule has 0 amide bonds. The van der Waals surface area contributed by atoms with Crippen LogP contribution in [0.4, 0.5) is 0 Å². The number of aliphatic hydroxyl groups is 2. The molecule has 5 atom stereocenters. The monoisotopic (exact) mass is 266 g/mol. The summed E-state index contributed by atoms with van der Waals surface area (Å²) in [6.45, 7) is 9.57. The highest BCUT2D eigenvalue weighted by molar-refractivity contribution is 5.86. The van der Waals surface area contributed by atoms with Crippen LogP contribution in [0.25, 0.3) is 0 Å². The van der Waals surface area contributed by atoms with E-state index in [0.717, 1.165) is 5.57 Å². The minimum absolute atomic E-state index is 0.0578. The smallest absolute Gasteiger partial charge is 0.331 e. The van der Waals surface area contributed by atoms with Crippen LogP contribution in [0.5, 0.6) is 0 Å². The Kier molecular flexibility index (Phi) is 3.58. The second-order valence-corrected chi connectivity index (χ2v) is 6.16. The number of fused-ring (bicyclic) bond motifs is 1. The van der Waals surface area contributed by atoms with Crippen molar-refractivity contribution in [2.45, 2.75) is 44.8 Å². The van der Waals surface area contributed by atoms with Gasteiger partial charge in [-0.1, -0.05) is 25.7 Å². The lowest BCUT2D eigenvalue weighted by atomic mass is 9.54. The van der Waals surface area contributed by atoms with E-state index in [0.29, 0.717) is 25.7 Å². The van der Waals surface area contributed by atoms with Gasteiger partial charge in [-0.05, 0) is 25.7 Å². The van der Waals surface area contributed by atoms with Crippen LogP contribution in [-0.4, -0.2) is 33.5 Å². The van der Waals surface area contributed by atoms with Crippen LogP contribution in [0.3, 0.4) is 0 Å². The number of carboxylic acids is 1. The van der Waals surface area contributed by atoms with E-state index in [9.17, 15) is 15.0 Å². The molecule has 2 fully saturated rings. The summed E-state index contributed by atoms with van der Waals surface area (Å²) in [5, 5.41) is 29.8. The first-order valence-electron chi connectivity index (χ1n) is 6.75. The van der Waals surface area contributed by atoms with Gasteiger partial charge in [-0.2, -0.15) is 0 Å². The molecule has 0 aromatic rings. The van der Waals surface area contributed by atoms with E-state index in [1.54, 1.807) is 0 Å². The van der Waals surface area contributed by atoms with Crippen LogP contribution < -0.4 is 0 Å². The molecule has 5 unspecified atom stereocenters. The minimum atomic E-state index is -1.06. The second-order valence-electron chi connectivity index (χ2n) is 6.16. The lowest BCUT2D eigenvalue weighted by molar-refractivity contribution is -0.137. The molecule has 0 saturated heterocycles. The fourth-order valence-corrected chi connectivity index (χ4v) is 3.84. The molecule has 2 aliphatic rings. The molecule has 0 radical (unpaired) electrons. The fraction of sp³-hybridized carbons (Fsp3) is 0.667. The third-order valence-corrected chi connectivity index (χ3v) is 5.12. The molecule has 0 aromatic heterocycles. The lowest BCUT2D eigenvalue weighted by Gasteiger charge is -2.53. The molecule has 3 N–H and O–H groups in total. The van der Waals surface area contributed by atoms with Crippen LogP contribution >= 0.6 is 0 Å². The maximum Gasteiger partial charge on any atom is 0.331 e. The normalized spacial score (nSPS) is 42.6. The maximum atomic E-state index is 11.0. The molecule has 2 rings (SSSR count). The first-order chi connectivity index (χ1) is 8.79. The predicted molar refractivity (Wildman–Crippen MR) is 71.5 cm³/mol. The summed E-state index contributed by atoms with van der Waals surface area (Å²) in [6, 6.07) is 0. The molecule has 0 bridgehead atoms. The summed E-state index contributed by atoms with van der Waals surface area (Å²) in [6.07, 6.45) is 1.31. The molecule has 2 aliphatic carbocycles. The van der Waals surface area contributed by atoms with Crippen molar-refractivity contribution >= 4 is 5.97 Å². The van der Waals surface area contributed by atoms with Crippen molar-refractivity contribution < 1.29 is 20.1 Å². The van der Waals surface area contributed by atoms with Gasteiger partial charge in [-0.3, -0.25) is 0 Å². The molecule has 0 aliphatic heterocycles. The Balaban J connectivity index is 2.31. The zero-order chi connectivity index (χ0) is 14.4. The van der Waals surface area contributed by atoms with Crippen molar-refractivity contribution in [1.29, 1.82) is 0 Å². The third kappa shape index (κ3) is 2.13. The number of aliphatic carboxylic acids is 1.